The zero-order valence-electron chi connectivity index (χ0n) is 16.1. The molecule has 4 rings (SSSR count). The van der Waals surface area contributed by atoms with Gasteiger partial charge in [0.1, 0.15) is 0 Å². The highest BCUT2D eigenvalue weighted by atomic mass is 35.5. The summed E-state index contributed by atoms with van der Waals surface area (Å²) in [5.74, 6) is -0.424. The van der Waals surface area contributed by atoms with Gasteiger partial charge in [-0.2, -0.15) is 0 Å². The number of aryl methyl sites for hydroxylation is 1. The third kappa shape index (κ3) is 3.77. The maximum Gasteiger partial charge on any atom is 0.256 e. The lowest BCUT2D eigenvalue weighted by Crippen LogP contribution is -2.23. The predicted octanol–water partition coefficient (Wildman–Crippen LogP) is 3.65. The van der Waals surface area contributed by atoms with E-state index in [1.165, 1.54) is 27.3 Å². The molecule has 0 unspecified atom stereocenters. The molecule has 0 atom stereocenters. The summed E-state index contributed by atoms with van der Waals surface area (Å²) in [6, 6.07) is 18.7. The van der Waals surface area contributed by atoms with Crippen molar-refractivity contribution in [2.75, 3.05) is 5.32 Å². The quantitative estimate of drug-likeness (QED) is 0.548. The van der Waals surface area contributed by atoms with Crippen LogP contribution in [0.5, 0.6) is 0 Å². The van der Waals surface area contributed by atoms with Crippen LogP contribution < -0.4 is 16.4 Å². The number of halogens is 1. The van der Waals surface area contributed by atoms with Crippen molar-refractivity contribution in [2.24, 2.45) is 7.05 Å². The summed E-state index contributed by atoms with van der Waals surface area (Å²) in [6.45, 7) is 0.275. The number of nitrogens with one attached hydrogen (secondary N) is 1. The van der Waals surface area contributed by atoms with Crippen molar-refractivity contribution in [3.8, 4) is 0 Å². The minimum atomic E-state index is -0.424. The summed E-state index contributed by atoms with van der Waals surface area (Å²) >= 11 is 6.20. The SMILES string of the molecule is Cn1c(=O)cc(C(=O)Nc2ccc(=O)n(Cc3ccccc3Cl)c2)c2ccccc21. The summed E-state index contributed by atoms with van der Waals surface area (Å²) < 4.78 is 2.97. The Balaban J connectivity index is 1.67. The molecule has 0 aliphatic rings. The Labute approximate surface area is 177 Å². The van der Waals surface area contributed by atoms with Gasteiger partial charge < -0.3 is 14.5 Å². The van der Waals surface area contributed by atoms with Crippen LogP contribution in [0.25, 0.3) is 10.9 Å². The number of amides is 1. The summed E-state index contributed by atoms with van der Waals surface area (Å²) in [4.78, 5) is 37.5. The van der Waals surface area contributed by atoms with E-state index in [1.54, 1.807) is 31.4 Å². The fourth-order valence-electron chi connectivity index (χ4n) is 3.34. The minimum Gasteiger partial charge on any atom is -0.321 e. The third-order valence-corrected chi connectivity index (χ3v) is 5.31. The van der Waals surface area contributed by atoms with Crippen LogP contribution >= 0.6 is 11.6 Å². The Morgan fingerprint density at radius 1 is 0.967 bits per heavy atom. The standard InChI is InChI=1S/C23H18ClN3O3/c1-26-20-9-5-3-7-17(20)18(12-22(26)29)23(30)25-16-10-11-21(28)27(14-16)13-15-6-2-4-8-19(15)24/h2-12,14H,13H2,1H3,(H,25,30). The number of para-hydroxylation sites is 1. The molecule has 0 saturated heterocycles. The maximum atomic E-state index is 12.9. The number of hydrogen-bond donors (Lipinski definition) is 1. The third-order valence-electron chi connectivity index (χ3n) is 4.94. The molecular weight excluding hydrogens is 402 g/mol. The van der Waals surface area contributed by atoms with Gasteiger partial charge in [-0.25, -0.2) is 0 Å². The molecule has 2 heterocycles. The zero-order chi connectivity index (χ0) is 21.3. The zero-order valence-corrected chi connectivity index (χ0v) is 16.9. The molecule has 0 radical (unpaired) electrons. The largest absolute Gasteiger partial charge is 0.321 e. The number of pyridine rings is 2. The first-order chi connectivity index (χ1) is 14.4. The minimum absolute atomic E-state index is 0.216. The highest BCUT2D eigenvalue weighted by molar-refractivity contribution is 6.31. The molecule has 2 aromatic heterocycles. The molecule has 0 aliphatic carbocycles. The first kappa shape index (κ1) is 19.7. The van der Waals surface area contributed by atoms with Crippen LogP contribution in [-0.4, -0.2) is 15.0 Å². The second-order valence-corrected chi connectivity index (χ2v) is 7.31. The van der Waals surface area contributed by atoms with E-state index in [1.807, 2.05) is 30.3 Å². The van der Waals surface area contributed by atoms with Gasteiger partial charge in [0.2, 0.25) is 0 Å². The van der Waals surface area contributed by atoms with Crippen molar-refractivity contribution in [1.82, 2.24) is 9.13 Å². The van der Waals surface area contributed by atoms with Crippen molar-refractivity contribution in [3.05, 3.63) is 110 Å². The van der Waals surface area contributed by atoms with Gasteiger partial charge in [0, 0.05) is 35.8 Å². The molecule has 1 N–H and O–H groups in total. The van der Waals surface area contributed by atoms with E-state index in [-0.39, 0.29) is 23.2 Å². The normalized spacial score (nSPS) is 10.9. The van der Waals surface area contributed by atoms with Gasteiger partial charge in [0.25, 0.3) is 17.0 Å². The summed E-state index contributed by atoms with van der Waals surface area (Å²) in [7, 11) is 1.66. The van der Waals surface area contributed by atoms with Crippen LogP contribution in [0, 0.1) is 0 Å². The van der Waals surface area contributed by atoms with Crippen LogP contribution in [0.3, 0.4) is 0 Å². The van der Waals surface area contributed by atoms with E-state index in [2.05, 4.69) is 5.32 Å². The molecule has 2 aromatic carbocycles. The Kier molecular flexibility index (Phi) is 5.25. The molecule has 6 nitrogen and oxygen atoms in total. The lowest BCUT2D eigenvalue weighted by molar-refractivity contribution is 0.102. The van der Waals surface area contributed by atoms with E-state index < -0.39 is 5.91 Å². The Morgan fingerprint density at radius 2 is 1.70 bits per heavy atom. The second-order valence-electron chi connectivity index (χ2n) is 6.90. The summed E-state index contributed by atoms with van der Waals surface area (Å²) in [5.41, 5.74) is 1.68. The van der Waals surface area contributed by atoms with Crippen molar-refractivity contribution in [1.29, 1.82) is 0 Å². The monoisotopic (exact) mass is 419 g/mol. The Bertz CT molecular complexity index is 1390. The van der Waals surface area contributed by atoms with E-state index in [9.17, 15) is 14.4 Å². The number of benzene rings is 2. The van der Waals surface area contributed by atoms with Crippen molar-refractivity contribution >= 4 is 34.1 Å². The van der Waals surface area contributed by atoms with Gasteiger partial charge in [-0.05, 0) is 23.8 Å². The number of nitrogens with zero attached hydrogens (tertiary/aromatic N) is 2. The lowest BCUT2D eigenvalue weighted by Gasteiger charge is -2.12. The fourth-order valence-corrected chi connectivity index (χ4v) is 3.53. The molecule has 150 valence electrons. The first-order valence-corrected chi connectivity index (χ1v) is 9.66. The number of aromatic nitrogens is 2. The van der Waals surface area contributed by atoms with E-state index in [0.717, 1.165) is 5.56 Å². The average molecular weight is 420 g/mol. The molecule has 4 aromatic rings. The van der Waals surface area contributed by atoms with Gasteiger partial charge in [-0.1, -0.05) is 48.0 Å². The van der Waals surface area contributed by atoms with Crippen LogP contribution in [-0.2, 0) is 13.6 Å². The molecule has 0 spiro atoms. The summed E-state index contributed by atoms with van der Waals surface area (Å²) in [6.07, 6.45) is 1.56. The van der Waals surface area contributed by atoms with Crippen molar-refractivity contribution < 1.29 is 4.79 Å². The van der Waals surface area contributed by atoms with Gasteiger partial charge in [-0.3, -0.25) is 14.4 Å². The smallest absolute Gasteiger partial charge is 0.256 e. The van der Waals surface area contributed by atoms with E-state index in [0.29, 0.717) is 21.6 Å². The van der Waals surface area contributed by atoms with Crippen LogP contribution in [0.4, 0.5) is 5.69 Å². The van der Waals surface area contributed by atoms with Crippen LogP contribution in [0.15, 0.2) is 82.5 Å². The van der Waals surface area contributed by atoms with E-state index >= 15 is 0 Å². The first-order valence-electron chi connectivity index (χ1n) is 9.28. The molecule has 0 fully saturated rings. The molecule has 1 amide bonds. The number of anilines is 1. The number of rotatable bonds is 4. The molecule has 0 bridgehead atoms. The Hall–Kier alpha value is -3.64. The highest BCUT2D eigenvalue weighted by Crippen LogP contribution is 2.19. The molecule has 0 aliphatic heterocycles. The van der Waals surface area contributed by atoms with Crippen molar-refractivity contribution in [3.63, 3.8) is 0 Å². The number of hydrogen-bond acceptors (Lipinski definition) is 3. The number of carbonyl (C=O) groups excluding carboxylic acids is 1. The molecule has 30 heavy (non-hydrogen) atoms. The average Bonchev–Trinajstić information content (AvgIpc) is 2.74. The lowest BCUT2D eigenvalue weighted by atomic mass is 10.1. The van der Waals surface area contributed by atoms with Crippen LogP contribution in [0.2, 0.25) is 5.02 Å². The molecular formula is C23H18ClN3O3. The summed E-state index contributed by atoms with van der Waals surface area (Å²) in [5, 5.41) is 4.01. The number of fused-ring (bicyclic) bond motifs is 1. The molecule has 0 saturated carbocycles. The second kappa shape index (κ2) is 8.00. The van der Waals surface area contributed by atoms with Gasteiger partial charge in [0.05, 0.1) is 23.3 Å². The molecule has 7 heteroatoms. The van der Waals surface area contributed by atoms with Crippen LogP contribution in [0.1, 0.15) is 15.9 Å². The van der Waals surface area contributed by atoms with Gasteiger partial charge in [0.15, 0.2) is 0 Å². The van der Waals surface area contributed by atoms with Gasteiger partial charge in [-0.15, -0.1) is 0 Å². The van der Waals surface area contributed by atoms with E-state index in [4.69, 9.17) is 11.6 Å². The predicted molar refractivity (Wildman–Crippen MR) is 118 cm³/mol. The fraction of sp³-hybridized carbons (Fsp3) is 0.0870. The van der Waals surface area contributed by atoms with Crippen molar-refractivity contribution in [2.45, 2.75) is 6.54 Å². The Morgan fingerprint density at radius 3 is 2.50 bits per heavy atom. The van der Waals surface area contributed by atoms with Gasteiger partial charge >= 0.3 is 0 Å². The topological polar surface area (TPSA) is 73.1 Å². The highest BCUT2D eigenvalue weighted by Gasteiger charge is 2.14. The number of carbonyl (C=O) groups is 1. The maximum absolute atomic E-state index is 12.9.